The highest BCUT2D eigenvalue weighted by Crippen LogP contribution is 2.21. The molecule has 0 saturated heterocycles. The van der Waals surface area contributed by atoms with Gasteiger partial charge in [-0.1, -0.05) is 0 Å². The highest BCUT2D eigenvalue weighted by molar-refractivity contribution is 7.99. The van der Waals surface area contributed by atoms with E-state index >= 15 is 0 Å². The Hall–Kier alpha value is -0.780. The Morgan fingerprint density at radius 1 is 1.31 bits per heavy atom. The quantitative estimate of drug-likeness (QED) is 0.454. The molecule has 0 bridgehead atoms. The summed E-state index contributed by atoms with van der Waals surface area (Å²) in [6.07, 6.45) is 0. The first-order chi connectivity index (χ1) is 7.74. The summed E-state index contributed by atoms with van der Waals surface area (Å²) in [4.78, 5) is 0.863. The van der Waals surface area contributed by atoms with Crippen molar-refractivity contribution >= 4 is 17.4 Å². The van der Waals surface area contributed by atoms with Crippen LogP contribution in [0.1, 0.15) is 0 Å². The number of hydrogen-bond donors (Lipinski definition) is 1. The van der Waals surface area contributed by atoms with E-state index in [9.17, 15) is 4.39 Å². The number of nitrogens with two attached hydrogens (primary N) is 1. The fourth-order valence-electron chi connectivity index (χ4n) is 1.06. The number of hydrogen-bond acceptors (Lipinski definition) is 4. The van der Waals surface area contributed by atoms with E-state index in [1.165, 1.54) is 17.8 Å². The van der Waals surface area contributed by atoms with Crippen LogP contribution >= 0.6 is 11.8 Å². The Labute approximate surface area is 99.1 Å². The Morgan fingerprint density at radius 2 is 2.12 bits per heavy atom. The Morgan fingerprint density at radius 3 is 2.81 bits per heavy atom. The molecular formula is C11H16FNO2S. The van der Waals surface area contributed by atoms with E-state index in [0.717, 1.165) is 10.6 Å². The van der Waals surface area contributed by atoms with Crippen LogP contribution in [0.4, 0.5) is 10.1 Å². The van der Waals surface area contributed by atoms with Crippen LogP contribution in [0.3, 0.4) is 0 Å². The molecule has 1 rings (SSSR count). The van der Waals surface area contributed by atoms with E-state index in [1.54, 1.807) is 19.2 Å². The van der Waals surface area contributed by atoms with Crippen molar-refractivity contribution in [3.8, 4) is 0 Å². The molecule has 0 fully saturated rings. The summed E-state index contributed by atoms with van der Waals surface area (Å²) in [5.74, 6) is 0.415. The van der Waals surface area contributed by atoms with Gasteiger partial charge in [0, 0.05) is 17.8 Å². The van der Waals surface area contributed by atoms with E-state index in [1.807, 2.05) is 0 Å². The Bertz CT molecular complexity index is 323. The second-order valence-electron chi connectivity index (χ2n) is 3.14. The van der Waals surface area contributed by atoms with Gasteiger partial charge in [0.2, 0.25) is 0 Å². The monoisotopic (exact) mass is 245 g/mol. The van der Waals surface area contributed by atoms with E-state index in [0.29, 0.717) is 19.8 Å². The molecule has 0 radical (unpaired) electrons. The second-order valence-corrected chi connectivity index (χ2v) is 4.31. The maximum Gasteiger partial charge on any atom is 0.147 e. The first kappa shape index (κ1) is 13.3. The molecular weight excluding hydrogens is 229 g/mol. The van der Waals surface area contributed by atoms with Crippen molar-refractivity contribution in [2.24, 2.45) is 0 Å². The topological polar surface area (TPSA) is 44.5 Å². The number of nitrogen functional groups attached to an aromatic ring is 1. The fourth-order valence-corrected chi connectivity index (χ4v) is 1.85. The molecule has 0 saturated carbocycles. The normalized spacial score (nSPS) is 10.6. The molecule has 0 spiro atoms. The lowest BCUT2D eigenvalue weighted by atomic mass is 10.3. The number of ether oxygens (including phenoxy) is 2. The lowest BCUT2D eigenvalue weighted by molar-refractivity contribution is 0.0790. The number of halogens is 1. The summed E-state index contributed by atoms with van der Waals surface area (Å²) in [7, 11) is 1.63. The molecule has 90 valence electrons. The maximum absolute atomic E-state index is 13.1. The van der Waals surface area contributed by atoms with Gasteiger partial charge < -0.3 is 15.2 Å². The summed E-state index contributed by atoms with van der Waals surface area (Å²) >= 11 is 1.54. The van der Waals surface area contributed by atoms with Gasteiger partial charge in [0.1, 0.15) is 5.82 Å². The van der Waals surface area contributed by atoms with Crippen LogP contribution in [0, 0.1) is 5.82 Å². The predicted molar refractivity (Wildman–Crippen MR) is 64.2 cm³/mol. The minimum atomic E-state index is -0.370. The zero-order valence-corrected chi connectivity index (χ0v) is 10.1. The number of rotatable bonds is 7. The standard InChI is InChI=1S/C11H16FNO2S/c1-14-4-5-15-6-7-16-9-2-3-11(13)10(12)8-9/h2-3,8H,4-7,13H2,1H3. The van der Waals surface area contributed by atoms with E-state index in [2.05, 4.69) is 0 Å². The first-order valence-corrected chi connectivity index (χ1v) is 5.97. The number of methoxy groups -OCH3 is 1. The molecule has 5 heteroatoms. The molecule has 3 nitrogen and oxygen atoms in total. The highest BCUT2D eigenvalue weighted by atomic mass is 32.2. The first-order valence-electron chi connectivity index (χ1n) is 4.98. The van der Waals surface area contributed by atoms with Crippen molar-refractivity contribution in [2.75, 3.05) is 38.4 Å². The molecule has 0 heterocycles. The van der Waals surface area contributed by atoms with Gasteiger partial charge in [0.25, 0.3) is 0 Å². The van der Waals surface area contributed by atoms with Gasteiger partial charge in [-0.2, -0.15) is 0 Å². The summed E-state index contributed by atoms with van der Waals surface area (Å²) in [5.41, 5.74) is 5.56. The maximum atomic E-state index is 13.1. The van der Waals surface area contributed by atoms with Gasteiger partial charge in [0.15, 0.2) is 0 Å². The molecule has 0 aliphatic heterocycles. The van der Waals surface area contributed by atoms with Crippen molar-refractivity contribution < 1.29 is 13.9 Å². The highest BCUT2D eigenvalue weighted by Gasteiger charge is 2.00. The van der Waals surface area contributed by atoms with Crippen LogP contribution in [0.5, 0.6) is 0 Å². The third kappa shape index (κ3) is 4.83. The van der Waals surface area contributed by atoms with Gasteiger partial charge in [-0.05, 0) is 18.2 Å². The second kappa shape index (κ2) is 7.49. The van der Waals surface area contributed by atoms with E-state index in [-0.39, 0.29) is 11.5 Å². The molecule has 0 unspecified atom stereocenters. The third-order valence-corrected chi connectivity index (χ3v) is 2.86. The van der Waals surface area contributed by atoms with Crippen LogP contribution in [0.25, 0.3) is 0 Å². The SMILES string of the molecule is COCCOCCSc1ccc(N)c(F)c1. The van der Waals surface area contributed by atoms with Gasteiger partial charge in [-0.15, -0.1) is 11.8 Å². The summed E-state index contributed by atoms with van der Waals surface area (Å²) in [6, 6.07) is 4.82. The summed E-state index contributed by atoms with van der Waals surface area (Å²) in [6.45, 7) is 1.81. The van der Waals surface area contributed by atoms with Crippen LogP contribution in [-0.2, 0) is 9.47 Å². The van der Waals surface area contributed by atoms with Gasteiger partial charge >= 0.3 is 0 Å². The van der Waals surface area contributed by atoms with Crippen LogP contribution in [-0.4, -0.2) is 32.7 Å². The molecule has 0 amide bonds. The number of anilines is 1. The Kier molecular flexibility index (Phi) is 6.22. The minimum Gasteiger partial charge on any atom is -0.396 e. The largest absolute Gasteiger partial charge is 0.396 e. The summed E-state index contributed by atoms with van der Waals surface area (Å²) < 4.78 is 23.2. The average Bonchev–Trinajstić information content (AvgIpc) is 2.28. The summed E-state index contributed by atoms with van der Waals surface area (Å²) in [5, 5.41) is 0. The fraction of sp³-hybridized carbons (Fsp3) is 0.455. The van der Waals surface area contributed by atoms with Crippen molar-refractivity contribution in [1.82, 2.24) is 0 Å². The third-order valence-electron chi connectivity index (χ3n) is 1.90. The average molecular weight is 245 g/mol. The van der Waals surface area contributed by atoms with Crippen molar-refractivity contribution in [3.05, 3.63) is 24.0 Å². The lowest BCUT2D eigenvalue weighted by Gasteiger charge is -2.04. The Balaban J connectivity index is 2.19. The number of thioether (sulfide) groups is 1. The zero-order chi connectivity index (χ0) is 11.8. The van der Waals surface area contributed by atoms with Crippen molar-refractivity contribution in [3.63, 3.8) is 0 Å². The molecule has 0 aliphatic carbocycles. The molecule has 0 aliphatic rings. The smallest absolute Gasteiger partial charge is 0.147 e. The molecule has 16 heavy (non-hydrogen) atoms. The van der Waals surface area contributed by atoms with Crippen LogP contribution in [0.2, 0.25) is 0 Å². The molecule has 1 aromatic carbocycles. The molecule has 0 aromatic heterocycles. The predicted octanol–water partition coefficient (Wildman–Crippen LogP) is 2.16. The minimum absolute atomic E-state index is 0.181. The molecule has 2 N–H and O–H groups in total. The molecule has 0 atom stereocenters. The van der Waals surface area contributed by atoms with Gasteiger partial charge in [-0.3, -0.25) is 0 Å². The van der Waals surface area contributed by atoms with Gasteiger partial charge in [-0.25, -0.2) is 4.39 Å². The van der Waals surface area contributed by atoms with Gasteiger partial charge in [0.05, 0.1) is 25.5 Å². The van der Waals surface area contributed by atoms with Crippen molar-refractivity contribution in [2.45, 2.75) is 4.90 Å². The van der Waals surface area contributed by atoms with E-state index < -0.39 is 0 Å². The zero-order valence-electron chi connectivity index (χ0n) is 9.24. The van der Waals surface area contributed by atoms with Crippen LogP contribution in [0.15, 0.2) is 23.1 Å². The van der Waals surface area contributed by atoms with Crippen molar-refractivity contribution in [1.29, 1.82) is 0 Å². The number of benzene rings is 1. The van der Waals surface area contributed by atoms with Crippen LogP contribution < -0.4 is 5.73 Å². The van der Waals surface area contributed by atoms with E-state index in [4.69, 9.17) is 15.2 Å². The lowest BCUT2D eigenvalue weighted by Crippen LogP contribution is -2.04. The molecule has 1 aromatic rings.